The predicted octanol–water partition coefficient (Wildman–Crippen LogP) is 1.53. The van der Waals surface area contributed by atoms with Crippen molar-refractivity contribution in [1.82, 2.24) is 5.01 Å². The van der Waals surface area contributed by atoms with Crippen molar-refractivity contribution in [3.05, 3.63) is 40.3 Å². The molecule has 2 unspecified atom stereocenters. The molecule has 0 saturated carbocycles. The summed E-state index contributed by atoms with van der Waals surface area (Å²) < 4.78 is 0. The van der Waals surface area contributed by atoms with E-state index in [-0.39, 0.29) is 12.1 Å². The van der Waals surface area contributed by atoms with Crippen molar-refractivity contribution in [1.29, 1.82) is 0 Å². The molecule has 2 aliphatic heterocycles. The Bertz CT molecular complexity index is 393. The van der Waals surface area contributed by atoms with E-state index in [1.807, 2.05) is 24.3 Å². The van der Waals surface area contributed by atoms with Crippen LogP contribution in [-0.4, -0.2) is 16.2 Å². The molecule has 72 valence electrons. The van der Waals surface area contributed by atoms with E-state index in [1.54, 1.807) is 0 Å². The maximum absolute atomic E-state index is 10.6. The number of nitroso groups, excluding NO2 is 1. The van der Waals surface area contributed by atoms with Gasteiger partial charge < -0.3 is 5.11 Å². The SMILES string of the molecule is O=NN1C2C[C@H](O)C1c1ccccc12. The third-order valence-corrected chi connectivity index (χ3v) is 3.20. The van der Waals surface area contributed by atoms with Crippen LogP contribution in [0, 0.1) is 4.91 Å². The average molecular weight is 190 g/mol. The predicted molar refractivity (Wildman–Crippen MR) is 50.2 cm³/mol. The lowest BCUT2D eigenvalue weighted by molar-refractivity contribution is 0.119. The molecule has 0 aromatic heterocycles. The number of benzene rings is 1. The number of aliphatic hydroxyl groups excluding tert-OH is 1. The monoisotopic (exact) mass is 190 g/mol. The minimum Gasteiger partial charge on any atom is -0.390 e. The van der Waals surface area contributed by atoms with Gasteiger partial charge in [0.25, 0.3) is 0 Å². The summed E-state index contributed by atoms with van der Waals surface area (Å²) in [7, 11) is 0. The topological polar surface area (TPSA) is 52.9 Å². The molecule has 14 heavy (non-hydrogen) atoms. The van der Waals surface area contributed by atoms with Crippen LogP contribution < -0.4 is 0 Å². The Morgan fingerprint density at radius 1 is 1.36 bits per heavy atom. The van der Waals surface area contributed by atoms with Gasteiger partial charge in [-0.1, -0.05) is 24.3 Å². The molecule has 1 aromatic rings. The molecular formula is C10H10N2O2. The van der Waals surface area contributed by atoms with Gasteiger partial charge in [0.15, 0.2) is 0 Å². The summed E-state index contributed by atoms with van der Waals surface area (Å²) in [4.78, 5) is 10.6. The number of rotatable bonds is 1. The summed E-state index contributed by atoms with van der Waals surface area (Å²) in [6.07, 6.45) is 0.167. The summed E-state index contributed by atoms with van der Waals surface area (Å²) >= 11 is 0. The second-order valence-electron chi connectivity index (χ2n) is 3.85. The maximum Gasteiger partial charge on any atom is 0.102 e. The van der Waals surface area contributed by atoms with Crippen molar-refractivity contribution < 1.29 is 5.11 Å². The molecule has 1 fully saturated rings. The van der Waals surface area contributed by atoms with E-state index in [1.165, 1.54) is 5.01 Å². The van der Waals surface area contributed by atoms with Crippen LogP contribution in [0.25, 0.3) is 0 Å². The highest BCUT2D eigenvalue weighted by Gasteiger charge is 2.49. The lowest BCUT2D eigenvalue weighted by Crippen LogP contribution is -2.18. The number of hydrogen-bond donors (Lipinski definition) is 1. The van der Waals surface area contributed by atoms with Gasteiger partial charge in [-0.05, 0) is 11.1 Å². The molecule has 4 nitrogen and oxygen atoms in total. The second-order valence-corrected chi connectivity index (χ2v) is 3.85. The fraction of sp³-hybridized carbons (Fsp3) is 0.400. The van der Waals surface area contributed by atoms with Crippen LogP contribution in [0.4, 0.5) is 0 Å². The number of nitrogens with zero attached hydrogens (tertiary/aromatic N) is 2. The van der Waals surface area contributed by atoms with Crippen molar-refractivity contribution in [2.75, 3.05) is 0 Å². The summed E-state index contributed by atoms with van der Waals surface area (Å²) in [5.74, 6) is 0. The summed E-state index contributed by atoms with van der Waals surface area (Å²) in [5, 5.41) is 14.2. The molecule has 0 aliphatic carbocycles. The first-order valence-electron chi connectivity index (χ1n) is 4.71. The molecular weight excluding hydrogens is 180 g/mol. The van der Waals surface area contributed by atoms with Gasteiger partial charge in [0, 0.05) is 6.42 Å². The van der Waals surface area contributed by atoms with E-state index in [0.717, 1.165) is 11.1 Å². The molecule has 3 atom stereocenters. The van der Waals surface area contributed by atoms with Gasteiger partial charge in [-0.2, -0.15) is 0 Å². The van der Waals surface area contributed by atoms with Crippen LogP contribution in [0.2, 0.25) is 0 Å². The lowest BCUT2D eigenvalue weighted by Gasteiger charge is -2.16. The van der Waals surface area contributed by atoms with E-state index in [4.69, 9.17) is 0 Å². The standard InChI is InChI=1S/C10H10N2O2/c13-9-5-8-6-3-1-2-4-7(6)10(9)12(8)11-14/h1-4,8-10,13H,5H2/t8?,9-,10?/m0/s1. The quantitative estimate of drug-likeness (QED) is 0.683. The van der Waals surface area contributed by atoms with Crippen LogP contribution in [0.1, 0.15) is 29.6 Å². The highest BCUT2D eigenvalue weighted by Crippen LogP contribution is 2.52. The molecule has 1 N–H and O–H groups in total. The fourth-order valence-electron chi connectivity index (χ4n) is 2.65. The minimum absolute atomic E-state index is 0.0105. The second kappa shape index (κ2) is 2.54. The van der Waals surface area contributed by atoms with Crippen LogP contribution in [0.5, 0.6) is 0 Å². The number of fused-ring (bicyclic) bond motifs is 5. The largest absolute Gasteiger partial charge is 0.390 e. The molecule has 2 aliphatic rings. The summed E-state index contributed by atoms with van der Waals surface area (Å²) in [6, 6.07) is 7.62. The smallest absolute Gasteiger partial charge is 0.102 e. The molecule has 2 bridgehead atoms. The van der Waals surface area contributed by atoms with Gasteiger partial charge in [0.05, 0.1) is 17.4 Å². The third-order valence-electron chi connectivity index (χ3n) is 3.20. The normalized spacial score (nSPS) is 33.2. The van der Waals surface area contributed by atoms with Gasteiger partial charge in [-0.15, -0.1) is 4.91 Å². The van der Waals surface area contributed by atoms with Crippen molar-refractivity contribution in [3.63, 3.8) is 0 Å². The van der Waals surface area contributed by atoms with Crippen LogP contribution in [0.3, 0.4) is 0 Å². The van der Waals surface area contributed by atoms with Crippen molar-refractivity contribution in [2.24, 2.45) is 5.29 Å². The molecule has 2 heterocycles. The van der Waals surface area contributed by atoms with E-state index >= 15 is 0 Å². The molecule has 4 heteroatoms. The first-order valence-corrected chi connectivity index (χ1v) is 4.71. The molecule has 0 radical (unpaired) electrons. The van der Waals surface area contributed by atoms with E-state index in [2.05, 4.69) is 5.29 Å². The van der Waals surface area contributed by atoms with Crippen LogP contribution >= 0.6 is 0 Å². The van der Waals surface area contributed by atoms with Gasteiger partial charge in [-0.3, -0.25) is 0 Å². The molecule has 1 saturated heterocycles. The molecule has 3 rings (SSSR count). The minimum atomic E-state index is -0.451. The lowest BCUT2D eigenvalue weighted by atomic mass is 9.90. The first-order chi connectivity index (χ1) is 6.83. The number of hydrogen-bond acceptors (Lipinski definition) is 3. The van der Waals surface area contributed by atoms with Gasteiger partial charge in [-0.25, -0.2) is 5.01 Å². The number of aliphatic hydroxyl groups is 1. The Hall–Kier alpha value is -1.42. The van der Waals surface area contributed by atoms with Crippen molar-refractivity contribution in [3.8, 4) is 0 Å². The first kappa shape index (κ1) is 7.94. The maximum atomic E-state index is 10.6. The van der Waals surface area contributed by atoms with Gasteiger partial charge in [0.2, 0.25) is 0 Å². The Kier molecular flexibility index (Phi) is 1.44. The zero-order valence-electron chi connectivity index (χ0n) is 7.50. The zero-order chi connectivity index (χ0) is 9.71. The fourth-order valence-corrected chi connectivity index (χ4v) is 2.65. The molecule has 1 aromatic carbocycles. The van der Waals surface area contributed by atoms with Crippen LogP contribution in [-0.2, 0) is 0 Å². The Labute approximate surface area is 81.1 Å². The summed E-state index contributed by atoms with van der Waals surface area (Å²) in [5.41, 5.74) is 2.19. The molecule has 0 amide bonds. The van der Waals surface area contributed by atoms with E-state index in [9.17, 15) is 10.0 Å². The Balaban J connectivity index is 2.17. The zero-order valence-corrected chi connectivity index (χ0v) is 7.50. The van der Waals surface area contributed by atoms with E-state index < -0.39 is 6.10 Å². The highest BCUT2D eigenvalue weighted by atomic mass is 16.3. The summed E-state index contributed by atoms with van der Waals surface area (Å²) in [6.45, 7) is 0. The third kappa shape index (κ3) is 0.767. The van der Waals surface area contributed by atoms with Crippen LogP contribution in [0.15, 0.2) is 29.6 Å². The average Bonchev–Trinajstić information content (AvgIpc) is 2.69. The van der Waals surface area contributed by atoms with Gasteiger partial charge in [0.1, 0.15) is 6.04 Å². The Morgan fingerprint density at radius 2 is 2.07 bits per heavy atom. The van der Waals surface area contributed by atoms with Gasteiger partial charge >= 0.3 is 0 Å². The van der Waals surface area contributed by atoms with Crippen molar-refractivity contribution >= 4 is 0 Å². The Morgan fingerprint density at radius 3 is 2.79 bits per heavy atom. The highest BCUT2D eigenvalue weighted by molar-refractivity contribution is 5.41. The molecule has 0 spiro atoms. The van der Waals surface area contributed by atoms with E-state index in [0.29, 0.717) is 6.42 Å². The van der Waals surface area contributed by atoms with Crippen molar-refractivity contribution in [2.45, 2.75) is 24.6 Å².